The van der Waals surface area contributed by atoms with Crippen molar-refractivity contribution in [1.82, 2.24) is 0 Å². The molecule has 0 radical (unpaired) electrons. The van der Waals surface area contributed by atoms with Crippen LogP contribution < -0.4 is 4.90 Å². The normalized spacial score (nSPS) is 16.9. The Bertz CT molecular complexity index is 3230. The topological polar surface area (TPSA) is 3.24 Å². The van der Waals surface area contributed by atoms with Crippen LogP contribution in [0.15, 0.2) is 206 Å². The molecule has 0 bridgehead atoms. The first-order valence-electron chi connectivity index (χ1n) is 21.2. The quantitative estimate of drug-likeness (QED) is 0.162. The van der Waals surface area contributed by atoms with E-state index < -0.39 is 5.41 Å². The molecule has 1 aromatic heterocycles. The number of hydrogen-bond donors (Lipinski definition) is 0. The van der Waals surface area contributed by atoms with Crippen molar-refractivity contribution < 1.29 is 0 Å². The first-order valence-corrected chi connectivity index (χ1v) is 22.0. The molecule has 3 aliphatic carbocycles. The molecule has 0 saturated heterocycles. The zero-order valence-corrected chi connectivity index (χ0v) is 34.6. The molecule has 286 valence electrons. The van der Waals surface area contributed by atoms with E-state index >= 15 is 0 Å². The molecule has 12 rings (SSSR count). The molecule has 9 aromatic rings. The summed E-state index contributed by atoms with van der Waals surface area (Å²) in [7, 11) is 0. The zero-order chi connectivity index (χ0) is 40.0. The lowest BCUT2D eigenvalue weighted by Crippen LogP contribution is -2.30. The van der Waals surface area contributed by atoms with Crippen LogP contribution in [0.1, 0.15) is 54.5 Å². The van der Waals surface area contributed by atoms with Gasteiger partial charge in [-0.3, -0.25) is 0 Å². The van der Waals surface area contributed by atoms with Gasteiger partial charge in [0, 0.05) is 42.6 Å². The van der Waals surface area contributed by atoms with Gasteiger partial charge in [0.05, 0.1) is 5.41 Å². The fourth-order valence-corrected chi connectivity index (χ4v) is 12.2. The molecule has 60 heavy (non-hydrogen) atoms. The predicted molar refractivity (Wildman–Crippen MR) is 255 cm³/mol. The number of anilines is 3. The second-order valence-electron chi connectivity index (χ2n) is 17.1. The Labute approximate surface area is 356 Å². The van der Waals surface area contributed by atoms with Crippen LogP contribution >= 0.6 is 11.3 Å². The van der Waals surface area contributed by atoms with Gasteiger partial charge < -0.3 is 4.90 Å². The summed E-state index contributed by atoms with van der Waals surface area (Å²) in [6.07, 6.45) is 9.02. The summed E-state index contributed by atoms with van der Waals surface area (Å²) in [5.41, 5.74) is 19.1. The van der Waals surface area contributed by atoms with Crippen LogP contribution in [0, 0.1) is 0 Å². The predicted octanol–water partition coefficient (Wildman–Crippen LogP) is 16.1. The molecule has 0 amide bonds. The minimum Gasteiger partial charge on any atom is -0.310 e. The third kappa shape index (κ3) is 5.04. The minimum atomic E-state index is -0.406. The lowest BCUT2D eigenvalue weighted by molar-refractivity contribution is 0.662. The summed E-state index contributed by atoms with van der Waals surface area (Å²) >= 11 is 1.88. The van der Waals surface area contributed by atoms with Gasteiger partial charge in [0.15, 0.2) is 0 Å². The van der Waals surface area contributed by atoms with Crippen molar-refractivity contribution in [3.8, 4) is 33.4 Å². The van der Waals surface area contributed by atoms with Crippen LogP contribution in [0.3, 0.4) is 0 Å². The summed E-state index contributed by atoms with van der Waals surface area (Å²) in [5.74, 6) is 0. The summed E-state index contributed by atoms with van der Waals surface area (Å²) in [6.45, 7) is 4.76. The van der Waals surface area contributed by atoms with Crippen molar-refractivity contribution in [3.05, 3.63) is 234 Å². The van der Waals surface area contributed by atoms with E-state index in [-0.39, 0.29) is 5.41 Å². The number of rotatable bonds is 6. The minimum absolute atomic E-state index is 0.0936. The zero-order valence-electron chi connectivity index (χ0n) is 33.8. The molecule has 1 atom stereocenters. The molecule has 1 unspecified atom stereocenters. The fraction of sp³-hybridized carbons (Fsp3) is 0.103. The first-order chi connectivity index (χ1) is 29.5. The monoisotopic (exact) mass is 785 g/mol. The number of thiophene rings is 1. The lowest BCUT2D eigenvalue weighted by atomic mass is 9.65. The highest BCUT2D eigenvalue weighted by Gasteiger charge is 2.47. The molecule has 8 aromatic carbocycles. The largest absolute Gasteiger partial charge is 0.310 e. The number of benzene rings is 8. The van der Waals surface area contributed by atoms with Crippen molar-refractivity contribution in [2.24, 2.45) is 0 Å². The van der Waals surface area contributed by atoms with Gasteiger partial charge in [-0.2, -0.15) is 0 Å². The van der Waals surface area contributed by atoms with Crippen molar-refractivity contribution in [2.75, 3.05) is 4.90 Å². The average molecular weight is 786 g/mol. The molecular formula is C58H43NS. The lowest BCUT2D eigenvalue weighted by Gasteiger charge is -2.37. The van der Waals surface area contributed by atoms with E-state index in [1.807, 2.05) is 11.3 Å². The van der Waals surface area contributed by atoms with Gasteiger partial charge in [-0.15, -0.1) is 11.3 Å². The number of fused-ring (bicyclic) bond motifs is 9. The van der Waals surface area contributed by atoms with Crippen molar-refractivity contribution in [1.29, 1.82) is 0 Å². The Hall–Kier alpha value is -6.74. The SMILES string of the molecule is CC1(C)c2ccccc2-c2cccc(-c3ccc(N(c4ccc5c(c4)C(C4=CC=CCC4)(c4ccccc4)c4ccccc4-5)c4ccc5c(c4)sc4ccccc45)cc3)c21. The van der Waals surface area contributed by atoms with E-state index in [2.05, 4.69) is 219 Å². The Morgan fingerprint density at radius 1 is 0.483 bits per heavy atom. The van der Waals surface area contributed by atoms with Crippen LogP contribution in [-0.2, 0) is 10.8 Å². The van der Waals surface area contributed by atoms with Crippen LogP contribution in [0.2, 0.25) is 0 Å². The molecular weight excluding hydrogens is 743 g/mol. The molecule has 1 nitrogen and oxygen atoms in total. The maximum Gasteiger partial charge on any atom is 0.0677 e. The van der Waals surface area contributed by atoms with Crippen molar-refractivity contribution >= 4 is 48.6 Å². The molecule has 0 N–H and O–H groups in total. The second kappa shape index (κ2) is 13.4. The average Bonchev–Trinajstić information content (AvgIpc) is 3.91. The fourth-order valence-electron chi connectivity index (χ4n) is 11.0. The van der Waals surface area contributed by atoms with Gasteiger partial charge in [0.2, 0.25) is 0 Å². The summed E-state index contributed by atoms with van der Waals surface area (Å²) in [6, 6.07) is 68.5. The molecule has 0 aliphatic heterocycles. The van der Waals surface area contributed by atoms with E-state index in [9.17, 15) is 0 Å². The van der Waals surface area contributed by atoms with E-state index in [0.29, 0.717) is 0 Å². The van der Waals surface area contributed by atoms with E-state index in [0.717, 1.165) is 29.9 Å². The van der Waals surface area contributed by atoms with Crippen molar-refractivity contribution in [3.63, 3.8) is 0 Å². The molecule has 2 heteroatoms. The maximum atomic E-state index is 2.51. The van der Waals surface area contributed by atoms with E-state index in [1.54, 1.807) is 0 Å². The number of hydrogen-bond acceptors (Lipinski definition) is 2. The summed E-state index contributed by atoms with van der Waals surface area (Å²) in [5, 5.41) is 2.62. The van der Waals surface area contributed by atoms with Crippen LogP contribution in [-0.4, -0.2) is 0 Å². The highest BCUT2D eigenvalue weighted by atomic mass is 32.1. The van der Waals surface area contributed by atoms with Crippen molar-refractivity contribution in [2.45, 2.75) is 37.5 Å². The third-order valence-corrected chi connectivity index (χ3v) is 14.8. The molecule has 0 saturated carbocycles. The molecule has 0 fully saturated rings. The van der Waals surface area contributed by atoms with Gasteiger partial charge >= 0.3 is 0 Å². The Kier molecular flexibility index (Phi) is 7.86. The maximum absolute atomic E-state index is 2.51. The number of nitrogens with zero attached hydrogens (tertiary/aromatic N) is 1. The van der Waals surface area contributed by atoms with Gasteiger partial charge in [-0.05, 0) is 117 Å². The molecule has 3 aliphatic rings. The summed E-state index contributed by atoms with van der Waals surface area (Å²) in [4.78, 5) is 2.48. The van der Waals surface area contributed by atoms with Gasteiger partial charge in [0.1, 0.15) is 0 Å². The first kappa shape index (κ1) is 35.2. The number of allylic oxidation sites excluding steroid dienone is 4. The van der Waals surface area contributed by atoms with Crippen LogP contribution in [0.5, 0.6) is 0 Å². The third-order valence-electron chi connectivity index (χ3n) is 13.6. The molecule has 1 heterocycles. The second-order valence-corrected chi connectivity index (χ2v) is 18.2. The van der Waals surface area contributed by atoms with Crippen LogP contribution in [0.25, 0.3) is 53.6 Å². The van der Waals surface area contributed by atoms with E-state index in [4.69, 9.17) is 0 Å². The van der Waals surface area contributed by atoms with E-state index in [1.165, 1.54) is 86.9 Å². The smallest absolute Gasteiger partial charge is 0.0677 e. The van der Waals surface area contributed by atoms with Gasteiger partial charge in [-0.1, -0.05) is 177 Å². The van der Waals surface area contributed by atoms with Crippen LogP contribution in [0.4, 0.5) is 17.1 Å². The van der Waals surface area contributed by atoms with Gasteiger partial charge in [-0.25, -0.2) is 0 Å². The summed E-state index contributed by atoms with van der Waals surface area (Å²) < 4.78 is 2.61. The Balaban J connectivity index is 1.06. The standard InChI is InChI=1S/C58H43NS/c1-57(2)51-25-12-9-21-46(51)50-24-15-23-44(56(50)57)38-28-30-41(31-29-38)59(43-33-35-49-48-22-11-14-27-54(48)60-55(49)37-43)42-32-34-47-45-20-10-13-26-52(45)58(53(47)36-42,39-16-5-3-6-17-39)40-18-7-4-8-19-40/h3-7,9-18,20-37H,8,19H2,1-2H3. The molecule has 0 spiro atoms. The van der Waals surface area contributed by atoms with Gasteiger partial charge in [0.25, 0.3) is 0 Å². The Morgan fingerprint density at radius 2 is 1.12 bits per heavy atom. The highest BCUT2D eigenvalue weighted by Crippen LogP contribution is 2.59. The Morgan fingerprint density at radius 3 is 1.93 bits per heavy atom. The highest BCUT2D eigenvalue weighted by molar-refractivity contribution is 7.25.